The Morgan fingerprint density at radius 2 is 1.13 bits per heavy atom. The van der Waals surface area contributed by atoms with Crippen LogP contribution in [-0.2, 0) is 6.37 Å². The molecule has 0 atom stereocenters. The molecule has 0 fully saturated rings. The Balaban J connectivity index is 1.28. The van der Waals surface area contributed by atoms with Gasteiger partial charge in [-0.25, -0.2) is 4.98 Å². The Hall–Kier alpha value is -5.99. The fourth-order valence-electron chi connectivity index (χ4n) is 6.98. The van der Waals surface area contributed by atoms with Crippen molar-refractivity contribution in [3.63, 3.8) is 0 Å². The van der Waals surface area contributed by atoms with Gasteiger partial charge in [0.05, 0.1) is 23.6 Å². The smallest absolute Gasteiger partial charge is 0.114 e. The molecular formula is C45H32N2. The van der Waals surface area contributed by atoms with E-state index in [4.69, 9.17) is 13.7 Å². The van der Waals surface area contributed by atoms with E-state index >= 15 is 0 Å². The van der Waals surface area contributed by atoms with Crippen LogP contribution >= 0.6 is 0 Å². The SMILES string of the molecule is [2H]c1c([2H])c([2H])c(-c2ccc(-c3c4ccccc4c(-c4ccc(-n5c(C([2H])([2H])C([2H])([2H])[2H])nc6ccccc65)c5ccccc45)c4ccccc34)cc2)c([2H])c1[2H]. The second kappa shape index (κ2) is 11.1. The zero-order valence-corrected chi connectivity index (χ0v) is 25.1. The predicted octanol–water partition coefficient (Wildman–Crippen LogP) is 12.0. The summed E-state index contributed by atoms with van der Waals surface area (Å²) in [6.07, 6.45) is -2.75. The van der Waals surface area contributed by atoms with Crippen LogP contribution in [0.25, 0.3) is 82.4 Å². The predicted molar refractivity (Wildman–Crippen MR) is 199 cm³/mol. The summed E-state index contributed by atoms with van der Waals surface area (Å²) in [4.78, 5) is 4.56. The summed E-state index contributed by atoms with van der Waals surface area (Å²) in [5.41, 5.74) is 6.18. The van der Waals surface area contributed by atoms with Crippen LogP contribution in [0.2, 0.25) is 0 Å². The minimum Gasteiger partial charge on any atom is -0.296 e. The third-order valence-corrected chi connectivity index (χ3v) is 8.98. The van der Waals surface area contributed by atoms with E-state index in [9.17, 15) is 0 Å². The van der Waals surface area contributed by atoms with Crippen LogP contribution in [0.4, 0.5) is 0 Å². The fraction of sp³-hybridized carbons (Fsp3) is 0.0444. The van der Waals surface area contributed by atoms with E-state index in [-0.39, 0.29) is 35.6 Å². The normalized spacial score (nSPS) is 15.2. The number of imidazole rings is 1. The summed E-state index contributed by atoms with van der Waals surface area (Å²) in [6.45, 7) is -2.97. The number of hydrogen-bond acceptors (Lipinski definition) is 1. The summed E-state index contributed by atoms with van der Waals surface area (Å²) in [5, 5.41) is 5.64. The van der Waals surface area contributed by atoms with Gasteiger partial charge in [-0.15, -0.1) is 0 Å². The van der Waals surface area contributed by atoms with Crippen LogP contribution in [0.15, 0.2) is 164 Å². The molecule has 0 bridgehead atoms. The summed E-state index contributed by atoms with van der Waals surface area (Å²) in [7, 11) is 0. The largest absolute Gasteiger partial charge is 0.296 e. The molecule has 0 amide bonds. The Bertz CT molecular complexity index is 3010. The van der Waals surface area contributed by atoms with E-state index in [1.54, 1.807) is 28.8 Å². The van der Waals surface area contributed by atoms with Crippen LogP contribution in [0.3, 0.4) is 0 Å². The molecule has 9 aromatic rings. The van der Waals surface area contributed by atoms with Crippen LogP contribution < -0.4 is 0 Å². The molecule has 8 aromatic carbocycles. The van der Waals surface area contributed by atoms with Gasteiger partial charge in [-0.1, -0.05) is 152 Å². The van der Waals surface area contributed by atoms with Gasteiger partial charge in [-0.05, 0) is 78.5 Å². The minimum atomic E-state index is -2.97. The number of aryl methyl sites for hydroxylation is 1. The summed E-state index contributed by atoms with van der Waals surface area (Å²) in [5.74, 6) is -0.195. The number of rotatable bonds is 5. The Morgan fingerprint density at radius 3 is 1.81 bits per heavy atom. The summed E-state index contributed by atoms with van der Waals surface area (Å²) in [6, 6.07) is 41.1. The maximum atomic E-state index is 8.78. The molecular weight excluding hydrogens is 569 g/mol. The molecule has 2 nitrogen and oxygen atoms in total. The maximum Gasteiger partial charge on any atom is 0.114 e. The molecule has 47 heavy (non-hydrogen) atoms. The quantitative estimate of drug-likeness (QED) is 0.177. The zero-order valence-electron chi connectivity index (χ0n) is 35.1. The molecule has 0 N–H and O–H groups in total. The third kappa shape index (κ3) is 4.37. The van der Waals surface area contributed by atoms with Crippen molar-refractivity contribution in [1.82, 2.24) is 9.55 Å². The van der Waals surface area contributed by atoms with Crippen LogP contribution in [0.5, 0.6) is 0 Å². The van der Waals surface area contributed by atoms with E-state index in [1.807, 2.05) is 84.9 Å². The number of hydrogen-bond donors (Lipinski definition) is 0. The van der Waals surface area contributed by atoms with Gasteiger partial charge in [0.25, 0.3) is 0 Å². The molecule has 0 spiro atoms. The first-order chi connectivity index (χ1) is 27.3. The molecule has 9 rings (SSSR count). The van der Waals surface area contributed by atoms with E-state index in [0.717, 1.165) is 54.6 Å². The van der Waals surface area contributed by atoms with E-state index < -0.39 is 19.3 Å². The molecule has 2 heteroatoms. The summed E-state index contributed by atoms with van der Waals surface area (Å²) >= 11 is 0. The van der Waals surface area contributed by atoms with Gasteiger partial charge in [0.15, 0.2) is 0 Å². The van der Waals surface area contributed by atoms with Gasteiger partial charge in [-0.3, -0.25) is 4.57 Å². The average molecular weight is 611 g/mol. The highest BCUT2D eigenvalue weighted by Gasteiger charge is 2.20. The van der Waals surface area contributed by atoms with Crippen molar-refractivity contribution in [2.75, 3.05) is 0 Å². The molecule has 1 aromatic heterocycles. The van der Waals surface area contributed by atoms with Crippen LogP contribution in [0.1, 0.15) is 26.4 Å². The minimum absolute atomic E-state index is 0.151. The Labute approximate surface area is 288 Å². The van der Waals surface area contributed by atoms with Crippen molar-refractivity contribution in [3.8, 4) is 39.1 Å². The molecule has 1 heterocycles. The average Bonchev–Trinajstić information content (AvgIpc) is 3.61. The molecule has 0 aliphatic rings. The molecule has 0 aliphatic carbocycles. The van der Waals surface area contributed by atoms with Crippen molar-refractivity contribution >= 4 is 43.4 Å². The zero-order chi connectivity index (χ0) is 40.0. The van der Waals surface area contributed by atoms with Gasteiger partial charge in [0.1, 0.15) is 5.82 Å². The van der Waals surface area contributed by atoms with E-state index in [2.05, 4.69) is 29.2 Å². The first kappa shape index (κ1) is 18.9. The van der Waals surface area contributed by atoms with Crippen molar-refractivity contribution in [1.29, 1.82) is 0 Å². The second-order valence-corrected chi connectivity index (χ2v) is 11.5. The highest BCUT2D eigenvalue weighted by atomic mass is 15.1. The van der Waals surface area contributed by atoms with Crippen molar-refractivity contribution in [3.05, 3.63) is 169 Å². The number of para-hydroxylation sites is 2. The number of aromatic nitrogens is 2. The third-order valence-electron chi connectivity index (χ3n) is 8.98. The number of fused-ring (bicyclic) bond motifs is 4. The fourth-order valence-corrected chi connectivity index (χ4v) is 6.98. The van der Waals surface area contributed by atoms with Crippen LogP contribution in [-0.4, -0.2) is 9.55 Å². The lowest BCUT2D eigenvalue weighted by atomic mass is 9.84. The second-order valence-electron chi connectivity index (χ2n) is 11.5. The Kier molecular flexibility index (Phi) is 4.46. The lowest BCUT2D eigenvalue weighted by Gasteiger charge is -2.20. The number of nitrogens with zero attached hydrogens (tertiary/aromatic N) is 2. The summed E-state index contributed by atoms with van der Waals surface area (Å²) < 4.78 is 84.9. The van der Waals surface area contributed by atoms with Crippen LogP contribution in [0, 0.1) is 0 Å². The monoisotopic (exact) mass is 610 g/mol. The molecule has 0 unspecified atom stereocenters. The van der Waals surface area contributed by atoms with Crippen molar-refractivity contribution < 1.29 is 13.7 Å². The topological polar surface area (TPSA) is 17.8 Å². The lowest BCUT2D eigenvalue weighted by molar-refractivity contribution is 0.913. The van der Waals surface area contributed by atoms with Crippen molar-refractivity contribution in [2.45, 2.75) is 13.2 Å². The van der Waals surface area contributed by atoms with E-state index in [0.29, 0.717) is 22.3 Å². The number of benzene rings is 8. The molecule has 0 radical (unpaired) electrons. The molecule has 222 valence electrons. The molecule has 0 saturated heterocycles. The molecule has 0 aliphatic heterocycles. The first-order valence-electron chi connectivity index (χ1n) is 20.4. The highest BCUT2D eigenvalue weighted by Crippen LogP contribution is 2.46. The van der Waals surface area contributed by atoms with Gasteiger partial charge in [0.2, 0.25) is 0 Å². The van der Waals surface area contributed by atoms with Gasteiger partial charge in [-0.2, -0.15) is 0 Å². The lowest BCUT2D eigenvalue weighted by Crippen LogP contribution is -2.01. The van der Waals surface area contributed by atoms with E-state index in [1.165, 1.54) is 0 Å². The maximum absolute atomic E-state index is 8.78. The highest BCUT2D eigenvalue weighted by molar-refractivity contribution is 6.23. The first-order valence-corrected chi connectivity index (χ1v) is 15.4. The van der Waals surface area contributed by atoms with Gasteiger partial charge in [0, 0.05) is 18.6 Å². The van der Waals surface area contributed by atoms with Gasteiger partial charge >= 0.3 is 0 Å². The standard InChI is InChI=1S/C45H32N2/c1-2-43-46-40-22-12-13-23-42(40)47(43)41-29-28-39(33-16-6-7-17-34(33)41)45-37-20-10-8-18-35(37)44(36-19-9-11-21-38(36)45)32-26-24-31(25-27-32)30-14-4-3-5-15-30/h3-29H,2H2,1H3/i1D3,2D2,3D,4D,5D,14D,15D. The molecule has 0 saturated carbocycles. The van der Waals surface area contributed by atoms with Gasteiger partial charge < -0.3 is 0 Å². The Morgan fingerprint density at radius 1 is 0.553 bits per heavy atom. The van der Waals surface area contributed by atoms with Crippen molar-refractivity contribution in [2.24, 2.45) is 0 Å².